The number of nitrogens with one attached hydrogen (secondary N) is 1. The number of oxazole rings is 1. The van der Waals surface area contributed by atoms with Crippen molar-refractivity contribution in [1.29, 1.82) is 0 Å². The smallest absolute Gasteiger partial charge is 0.322 e. The summed E-state index contributed by atoms with van der Waals surface area (Å²) in [6.07, 6.45) is 1.61. The Kier molecular flexibility index (Phi) is 5.69. The van der Waals surface area contributed by atoms with Gasteiger partial charge in [-0.2, -0.15) is 0 Å². The summed E-state index contributed by atoms with van der Waals surface area (Å²) in [5.41, 5.74) is 3.12. The Hall–Kier alpha value is -3.87. The van der Waals surface area contributed by atoms with Crippen LogP contribution >= 0.6 is 0 Å². The molecule has 6 nitrogen and oxygen atoms in total. The van der Waals surface area contributed by atoms with E-state index in [0.717, 1.165) is 18.4 Å². The Morgan fingerprint density at radius 1 is 1.18 bits per heavy atom. The van der Waals surface area contributed by atoms with E-state index in [1.54, 1.807) is 29.2 Å². The van der Waals surface area contributed by atoms with Crippen LogP contribution in [0.2, 0.25) is 0 Å². The third-order valence-corrected chi connectivity index (χ3v) is 5.82. The number of benzene rings is 3. The van der Waals surface area contributed by atoms with Gasteiger partial charge in [0.15, 0.2) is 5.58 Å². The van der Waals surface area contributed by atoms with Gasteiger partial charge in [-0.1, -0.05) is 36.4 Å². The molecule has 1 aromatic heterocycles. The normalized spacial score (nSPS) is 15.7. The molecule has 7 heteroatoms. The lowest BCUT2D eigenvalue weighted by atomic mass is 10.0. The number of anilines is 1. The number of carbonyl (C=O) groups is 1. The van der Waals surface area contributed by atoms with Gasteiger partial charge >= 0.3 is 6.03 Å². The van der Waals surface area contributed by atoms with Gasteiger partial charge in [-0.15, -0.1) is 0 Å². The number of carbonyl (C=O) groups excluding carboxylic acids is 1. The van der Waals surface area contributed by atoms with Gasteiger partial charge in [0.2, 0.25) is 5.89 Å². The van der Waals surface area contributed by atoms with Crippen molar-refractivity contribution in [2.24, 2.45) is 0 Å². The summed E-state index contributed by atoms with van der Waals surface area (Å²) >= 11 is 0. The highest BCUT2D eigenvalue weighted by Gasteiger charge is 2.34. The zero-order chi connectivity index (χ0) is 22.8. The van der Waals surface area contributed by atoms with E-state index in [1.807, 2.05) is 43.3 Å². The molecule has 0 aliphatic carbocycles. The Morgan fingerprint density at radius 3 is 2.85 bits per heavy atom. The lowest BCUT2D eigenvalue weighted by Crippen LogP contribution is -2.34. The number of para-hydroxylation sites is 2. The van der Waals surface area contributed by atoms with Gasteiger partial charge in [-0.3, -0.25) is 0 Å². The molecule has 1 N–H and O–H groups in total. The van der Waals surface area contributed by atoms with Gasteiger partial charge in [0.25, 0.3) is 0 Å². The van der Waals surface area contributed by atoms with E-state index in [2.05, 4.69) is 10.3 Å². The number of hydrogen-bond acceptors (Lipinski definition) is 4. The predicted molar refractivity (Wildman–Crippen MR) is 125 cm³/mol. The van der Waals surface area contributed by atoms with E-state index in [1.165, 1.54) is 6.07 Å². The second kappa shape index (κ2) is 8.94. The van der Waals surface area contributed by atoms with Crippen LogP contribution in [0, 0.1) is 5.82 Å². The van der Waals surface area contributed by atoms with Crippen LogP contribution in [0.3, 0.4) is 0 Å². The quantitative estimate of drug-likeness (QED) is 0.386. The standard InChI is InChI=1S/C26H24FN3O3/c1-2-32-23-12-6-5-10-20(23)29-26(31)30-15-7-11-22(30)25-28-21-16-17(13-14-24(21)33-25)18-8-3-4-9-19(18)27/h3-6,8-10,12-14,16,22H,2,7,11,15H2,1H3,(H,29,31)/t22-/m0/s1. The molecule has 168 valence electrons. The third-order valence-electron chi connectivity index (χ3n) is 5.82. The Bertz CT molecular complexity index is 1300. The van der Waals surface area contributed by atoms with E-state index in [0.29, 0.717) is 47.1 Å². The number of aromatic nitrogens is 1. The fraction of sp³-hybridized carbons (Fsp3) is 0.231. The molecule has 2 heterocycles. The van der Waals surface area contributed by atoms with E-state index in [9.17, 15) is 9.18 Å². The van der Waals surface area contributed by atoms with Crippen molar-refractivity contribution < 1.29 is 18.3 Å². The van der Waals surface area contributed by atoms with Crippen LogP contribution in [0.15, 0.2) is 71.1 Å². The Balaban J connectivity index is 1.40. The lowest BCUT2D eigenvalue weighted by molar-refractivity contribution is 0.198. The summed E-state index contributed by atoms with van der Waals surface area (Å²) in [6.45, 7) is 3.02. The molecule has 1 fully saturated rings. The number of urea groups is 1. The fourth-order valence-corrected chi connectivity index (χ4v) is 4.26. The van der Waals surface area contributed by atoms with Crippen LogP contribution in [-0.2, 0) is 0 Å². The summed E-state index contributed by atoms with van der Waals surface area (Å²) in [7, 11) is 0. The minimum Gasteiger partial charge on any atom is -0.492 e. The number of nitrogens with zero attached hydrogens (tertiary/aromatic N) is 2. The van der Waals surface area contributed by atoms with Crippen LogP contribution in [0.1, 0.15) is 31.7 Å². The zero-order valence-electron chi connectivity index (χ0n) is 18.3. The Morgan fingerprint density at radius 2 is 2.00 bits per heavy atom. The van der Waals surface area contributed by atoms with Crippen LogP contribution in [0.5, 0.6) is 5.75 Å². The third kappa shape index (κ3) is 4.14. The number of rotatable bonds is 5. The van der Waals surface area contributed by atoms with E-state index in [-0.39, 0.29) is 17.9 Å². The minimum absolute atomic E-state index is 0.223. The first-order valence-electron chi connectivity index (χ1n) is 11.1. The average Bonchev–Trinajstić information content (AvgIpc) is 3.47. The van der Waals surface area contributed by atoms with E-state index in [4.69, 9.17) is 9.15 Å². The average molecular weight is 445 g/mol. The maximum atomic E-state index is 14.2. The number of likely N-dealkylation sites (tertiary alicyclic amines) is 1. The lowest BCUT2D eigenvalue weighted by Gasteiger charge is -2.23. The second-order valence-electron chi connectivity index (χ2n) is 7.93. The fourth-order valence-electron chi connectivity index (χ4n) is 4.26. The van der Waals surface area contributed by atoms with Crippen LogP contribution in [-0.4, -0.2) is 29.1 Å². The minimum atomic E-state index is -0.286. The SMILES string of the molecule is CCOc1ccccc1NC(=O)N1CCC[C@H]1c1nc2cc(-c3ccccc3F)ccc2o1. The van der Waals surface area contributed by atoms with Gasteiger partial charge < -0.3 is 19.4 Å². The van der Waals surface area contributed by atoms with Gasteiger partial charge in [0.1, 0.15) is 23.1 Å². The number of amides is 2. The molecule has 0 spiro atoms. The summed E-state index contributed by atoms with van der Waals surface area (Å²) in [6, 6.07) is 18.9. The van der Waals surface area contributed by atoms with Gasteiger partial charge in [-0.05, 0) is 55.7 Å². The second-order valence-corrected chi connectivity index (χ2v) is 7.93. The van der Waals surface area contributed by atoms with Crippen LogP contribution < -0.4 is 10.1 Å². The summed E-state index contributed by atoms with van der Waals surface area (Å²) in [5.74, 6) is 0.833. The van der Waals surface area contributed by atoms with Crippen molar-refractivity contribution in [3.05, 3.63) is 78.4 Å². The molecule has 33 heavy (non-hydrogen) atoms. The Labute approximate surface area is 191 Å². The molecular formula is C26H24FN3O3. The van der Waals surface area contributed by atoms with Crippen molar-refractivity contribution in [1.82, 2.24) is 9.88 Å². The number of fused-ring (bicyclic) bond motifs is 1. The molecule has 0 bridgehead atoms. The number of halogens is 1. The molecule has 1 saturated heterocycles. The predicted octanol–water partition coefficient (Wildman–Crippen LogP) is 6.40. The molecule has 0 saturated carbocycles. The van der Waals surface area contributed by atoms with Crippen molar-refractivity contribution in [3.63, 3.8) is 0 Å². The van der Waals surface area contributed by atoms with Crippen molar-refractivity contribution in [2.75, 3.05) is 18.5 Å². The van der Waals surface area contributed by atoms with Crippen molar-refractivity contribution in [2.45, 2.75) is 25.8 Å². The molecule has 1 aliphatic heterocycles. The largest absolute Gasteiger partial charge is 0.492 e. The first-order chi connectivity index (χ1) is 16.1. The first-order valence-corrected chi connectivity index (χ1v) is 11.1. The van der Waals surface area contributed by atoms with E-state index >= 15 is 0 Å². The highest BCUT2D eigenvalue weighted by molar-refractivity contribution is 5.91. The maximum Gasteiger partial charge on any atom is 0.322 e. The molecule has 1 atom stereocenters. The summed E-state index contributed by atoms with van der Waals surface area (Å²) < 4.78 is 25.9. The van der Waals surface area contributed by atoms with Gasteiger partial charge in [0, 0.05) is 12.1 Å². The molecule has 5 rings (SSSR count). The highest BCUT2D eigenvalue weighted by Crippen LogP contribution is 2.35. The molecular weight excluding hydrogens is 421 g/mol. The molecule has 3 aromatic carbocycles. The first kappa shape index (κ1) is 21.0. The van der Waals surface area contributed by atoms with Crippen molar-refractivity contribution >= 4 is 22.8 Å². The van der Waals surface area contributed by atoms with E-state index < -0.39 is 0 Å². The molecule has 0 radical (unpaired) electrons. The van der Waals surface area contributed by atoms with Crippen LogP contribution in [0.25, 0.3) is 22.2 Å². The molecule has 4 aromatic rings. The van der Waals surface area contributed by atoms with Crippen molar-refractivity contribution in [3.8, 4) is 16.9 Å². The van der Waals surface area contributed by atoms with Gasteiger partial charge in [-0.25, -0.2) is 14.2 Å². The maximum absolute atomic E-state index is 14.2. The number of hydrogen-bond donors (Lipinski definition) is 1. The molecule has 0 unspecified atom stereocenters. The highest BCUT2D eigenvalue weighted by atomic mass is 19.1. The topological polar surface area (TPSA) is 67.6 Å². The monoisotopic (exact) mass is 445 g/mol. The molecule has 1 aliphatic rings. The van der Waals surface area contributed by atoms with Gasteiger partial charge in [0.05, 0.1) is 12.3 Å². The summed E-state index contributed by atoms with van der Waals surface area (Å²) in [5, 5.41) is 2.96. The van der Waals surface area contributed by atoms with Crippen LogP contribution in [0.4, 0.5) is 14.9 Å². The zero-order valence-corrected chi connectivity index (χ0v) is 18.3. The number of ether oxygens (including phenoxy) is 1. The molecule has 2 amide bonds. The summed E-state index contributed by atoms with van der Waals surface area (Å²) in [4.78, 5) is 19.5.